The van der Waals surface area contributed by atoms with Crippen molar-refractivity contribution < 1.29 is 24.2 Å². The van der Waals surface area contributed by atoms with Crippen LogP contribution in [0.1, 0.15) is 34.7 Å². The molecule has 1 aliphatic rings. The van der Waals surface area contributed by atoms with Crippen molar-refractivity contribution in [3.05, 3.63) is 35.4 Å². The number of hydrogen-bond donors (Lipinski definition) is 1. The van der Waals surface area contributed by atoms with Gasteiger partial charge in [-0.3, -0.25) is 9.59 Å². The molecule has 1 aliphatic heterocycles. The van der Waals surface area contributed by atoms with Crippen LogP contribution < -0.4 is 0 Å². The molecule has 6 heteroatoms. The zero-order chi connectivity index (χ0) is 15.4. The van der Waals surface area contributed by atoms with Crippen LogP contribution in [0.3, 0.4) is 0 Å². The number of ether oxygens (including phenoxy) is 1. The second-order valence-electron chi connectivity index (χ2n) is 5.01. The van der Waals surface area contributed by atoms with Gasteiger partial charge in [-0.05, 0) is 30.0 Å². The topological polar surface area (TPSA) is 83.9 Å². The van der Waals surface area contributed by atoms with Crippen LogP contribution in [-0.4, -0.2) is 48.1 Å². The average molecular weight is 291 g/mol. The standard InChI is InChI=1S/C15H17NO5/c1-21-14(18)9-16-7-6-12(8-13(16)17)10-2-4-11(5-3-10)15(19)20/h2-5,12H,6-9H2,1H3,(H,19,20)/t12-/m0/s1. The Morgan fingerprint density at radius 2 is 2.00 bits per heavy atom. The van der Waals surface area contributed by atoms with E-state index in [2.05, 4.69) is 4.74 Å². The summed E-state index contributed by atoms with van der Waals surface area (Å²) >= 11 is 0. The van der Waals surface area contributed by atoms with Crippen molar-refractivity contribution in [3.8, 4) is 0 Å². The number of aromatic carboxylic acids is 1. The molecular formula is C15H17NO5. The van der Waals surface area contributed by atoms with Crippen LogP contribution in [-0.2, 0) is 14.3 Å². The number of benzene rings is 1. The lowest BCUT2D eigenvalue weighted by molar-refractivity contribution is -0.148. The van der Waals surface area contributed by atoms with Crippen LogP contribution in [0.5, 0.6) is 0 Å². The lowest BCUT2D eigenvalue weighted by Crippen LogP contribution is -2.41. The minimum Gasteiger partial charge on any atom is -0.478 e. The van der Waals surface area contributed by atoms with Gasteiger partial charge < -0.3 is 14.7 Å². The molecule has 1 aromatic rings. The summed E-state index contributed by atoms with van der Waals surface area (Å²) in [6.45, 7) is 0.485. The summed E-state index contributed by atoms with van der Waals surface area (Å²) in [5.41, 5.74) is 1.18. The smallest absolute Gasteiger partial charge is 0.335 e. The number of carbonyl (C=O) groups is 3. The zero-order valence-electron chi connectivity index (χ0n) is 11.7. The highest BCUT2D eigenvalue weighted by molar-refractivity contribution is 5.87. The van der Waals surface area contributed by atoms with Crippen molar-refractivity contribution in [3.63, 3.8) is 0 Å². The molecule has 6 nitrogen and oxygen atoms in total. The predicted octanol–water partition coefficient (Wildman–Crippen LogP) is 1.26. The second kappa shape index (κ2) is 6.39. The van der Waals surface area contributed by atoms with E-state index in [0.717, 1.165) is 12.0 Å². The number of likely N-dealkylation sites (tertiary alicyclic amines) is 1. The molecule has 0 bridgehead atoms. The Morgan fingerprint density at radius 3 is 2.52 bits per heavy atom. The molecule has 1 aromatic carbocycles. The largest absolute Gasteiger partial charge is 0.478 e. The highest BCUT2D eigenvalue weighted by Gasteiger charge is 2.28. The normalized spacial score (nSPS) is 18.4. The Labute approximate surface area is 122 Å². The second-order valence-corrected chi connectivity index (χ2v) is 5.01. The van der Waals surface area contributed by atoms with Gasteiger partial charge >= 0.3 is 11.9 Å². The molecule has 1 heterocycles. The van der Waals surface area contributed by atoms with Gasteiger partial charge in [-0.25, -0.2) is 4.79 Å². The number of esters is 1. The summed E-state index contributed by atoms with van der Waals surface area (Å²) in [6, 6.07) is 6.58. The minimum atomic E-state index is -0.967. The molecule has 1 amide bonds. The molecule has 112 valence electrons. The number of piperidine rings is 1. The number of nitrogens with zero attached hydrogens (tertiary/aromatic N) is 1. The summed E-state index contributed by atoms with van der Waals surface area (Å²) in [7, 11) is 1.30. The molecule has 1 atom stereocenters. The summed E-state index contributed by atoms with van der Waals surface area (Å²) in [6.07, 6.45) is 1.07. The number of carboxylic acid groups (broad SMARTS) is 1. The lowest BCUT2D eigenvalue weighted by atomic mass is 9.88. The number of carboxylic acids is 1. The number of methoxy groups -OCH3 is 1. The maximum absolute atomic E-state index is 12.0. The van der Waals surface area contributed by atoms with E-state index in [1.165, 1.54) is 12.0 Å². The van der Waals surface area contributed by atoms with E-state index in [9.17, 15) is 14.4 Å². The fourth-order valence-electron chi connectivity index (χ4n) is 2.45. The first-order valence-electron chi connectivity index (χ1n) is 6.69. The van der Waals surface area contributed by atoms with E-state index in [1.807, 2.05) is 0 Å². The van der Waals surface area contributed by atoms with E-state index in [0.29, 0.717) is 13.0 Å². The highest BCUT2D eigenvalue weighted by atomic mass is 16.5. The van der Waals surface area contributed by atoms with Crippen molar-refractivity contribution in [1.82, 2.24) is 4.90 Å². The zero-order valence-corrected chi connectivity index (χ0v) is 11.7. The monoisotopic (exact) mass is 291 g/mol. The first-order valence-corrected chi connectivity index (χ1v) is 6.69. The SMILES string of the molecule is COC(=O)CN1CC[C@H](c2ccc(C(=O)O)cc2)CC1=O. The third kappa shape index (κ3) is 3.59. The summed E-state index contributed by atoms with van der Waals surface area (Å²) in [4.78, 5) is 35.5. The molecule has 0 aliphatic carbocycles. The molecular weight excluding hydrogens is 274 g/mol. The molecule has 0 aromatic heterocycles. The predicted molar refractivity (Wildman–Crippen MR) is 74.0 cm³/mol. The fraction of sp³-hybridized carbons (Fsp3) is 0.400. The number of carbonyl (C=O) groups excluding carboxylic acids is 2. The lowest BCUT2D eigenvalue weighted by Gasteiger charge is -2.31. The van der Waals surface area contributed by atoms with Crippen molar-refractivity contribution in [2.45, 2.75) is 18.8 Å². The number of hydrogen-bond acceptors (Lipinski definition) is 4. The van der Waals surface area contributed by atoms with Gasteiger partial charge in [-0.15, -0.1) is 0 Å². The van der Waals surface area contributed by atoms with E-state index in [4.69, 9.17) is 5.11 Å². The average Bonchev–Trinajstić information content (AvgIpc) is 2.49. The van der Waals surface area contributed by atoms with Gasteiger partial charge in [0.1, 0.15) is 6.54 Å². The van der Waals surface area contributed by atoms with Gasteiger partial charge in [0, 0.05) is 13.0 Å². The van der Waals surface area contributed by atoms with Crippen LogP contribution in [0.4, 0.5) is 0 Å². The fourth-order valence-corrected chi connectivity index (χ4v) is 2.45. The van der Waals surface area contributed by atoms with Gasteiger partial charge in [-0.2, -0.15) is 0 Å². The van der Waals surface area contributed by atoms with Gasteiger partial charge in [0.15, 0.2) is 0 Å². The maximum atomic E-state index is 12.0. The van der Waals surface area contributed by atoms with E-state index >= 15 is 0 Å². The summed E-state index contributed by atoms with van der Waals surface area (Å²) < 4.78 is 4.56. The third-order valence-corrected chi connectivity index (χ3v) is 3.70. The van der Waals surface area contributed by atoms with Crippen molar-refractivity contribution in [2.75, 3.05) is 20.2 Å². The van der Waals surface area contributed by atoms with Crippen LogP contribution in [0.25, 0.3) is 0 Å². The first kappa shape index (κ1) is 15.0. The van der Waals surface area contributed by atoms with E-state index in [-0.39, 0.29) is 23.9 Å². The highest BCUT2D eigenvalue weighted by Crippen LogP contribution is 2.28. The number of amides is 1. The molecule has 2 rings (SSSR count). The quantitative estimate of drug-likeness (QED) is 0.844. The van der Waals surface area contributed by atoms with Crippen LogP contribution in [0, 0.1) is 0 Å². The number of rotatable bonds is 4. The Hall–Kier alpha value is -2.37. The van der Waals surface area contributed by atoms with Crippen molar-refractivity contribution in [2.24, 2.45) is 0 Å². The molecule has 0 spiro atoms. The van der Waals surface area contributed by atoms with E-state index in [1.54, 1.807) is 24.3 Å². The van der Waals surface area contributed by atoms with Crippen LogP contribution >= 0.6 is 0 Å². The van der Waals surface area contributed by atoms with Gasteiger partial charge in [0.25, 0.3) is 0 Å². The Kier molecular flexibility index (Phi) is 4.57. The molecule has 1 N–H and O–H groups in total. The van der Waals surface area contributed by atoms with Crippen molar-refractivity contribution in [1.29, 1.82) is 0 Å². The molecule has 1 fully saturated rings. The molecule has 0 saturated carbocycles. The molecule has 0 radical (unpaired) electrons. The van der Waals surface area contributed by atoms with Gasteiger partial charge in [-0.1, -0.05) is 12.1 Å². The Balaban J connectivity index is 2.00. The maximum Gasteiger partial charge on any atom is 0.335 e. The Bertz CT molecular complexity index is 552. The van der Waals surface area contributed by atoms with Gasteiger partial charge in [0.05, 0.1) is 12.7 Å². The molecule has 1 saturated heterocycles. The van der Waals surface area contributed by atoms with Gasteiger partial charge in [0.2, 0.25) is 5.91 Å². The minimum absolute atomic E-state index is 0.0139. The molecule has 21 heavy (non-hydrogen) atoms. The van der Waals surface area contributed by atoms with Crippen LogP contribution in [0.15, 0.2) is 24.3 Å². The van der Waals surface area contributed by atoms with Crippen LogP contribution in [0.2, 0.25) is 0 Å². The Morgan fingerprint density at radius 1 is 1.33 bits per heavy atom. The summed E-state index contributed by atoms with van der Waals surface area (Å²) in [5.74, 6) is -1.41. The third-order valence-electron chi connectivity index (χ3n) is 3.70. The summed E-state index contributed by atoms with van der Waals surface area (Å²) in [5, 5.41) is 8.87. The van der Waals surface area contributed by atoms with E-state index < -0.39 is 11.9 Å². The molecule has 0 unspecified atom stereocenters. The van der Waals surface area contributed by atoms with Crippen molar-refractivity contribution >= 4 is 17.8 Å². The first-order chi connectivity index (χ1) is 10.0.